The van der Waals surface area contributed by atoms with E-state index in [1.807, 2.05) is 41.9 Å². The molecule has 1 unspecified atom stereocenters. The molecule has 0 aliphatic rings. The fraction of sp³-hybridized carbons (Fsp3) is 0.286. The highest BCUT2D eigenvalue weighted by molar-refractivity contribution is 7.99. The number of amides is 1. The Morgan fingerprint density at radius 3 is 2.43 bits per heavy atom. The number of halogens is 1. The number of hydrogen-bond donors (Lipinski definition) is 1. The van der Waals surface area contributed by atoms with Crippen LogP contribution in [0.2, 0.25) is 0 Å². The maximum absolute atomic E-state index is 13.1. The van der Waals surface area contributed by atoms with Gasteiger partial charge >= 0.3 is 0 Å². The Morgan fingerprint density at radius 1 is 1.11 bits per heavy atom. The number of aromatic nitrogens is 3. The van der Waals surface area contributed by atoms with E-state index in [1.165, 1.54) is 23.9 Å². The van der Waals surface area contributed by atoms with Crippen LogP contribution in [-0.2, 0) is 11.8 Å². The maximum atomic E-state index is 13.1. The summed E-state index contributed by atoms with van der Waals surface area (Å²) < 4.78 is 14.9. The SMILES string of the molecule is CC(C)C(NC(=O)CSc1nnc(-c2ccc(F)cc2)n1C)c1ccccc1. The standard InChI is InChI=1S/C21H23FN4OS/c1-14(2)19(15-7-5-4-6-8-15)23-18(27)13-28-21-25-24-20(26(21)3)16-9-11-17(22)12-10-16/h4-12,14,19H,13H2,1-3H3,(H,23,27). The van der Waals surface area contributed by atoms with E-state index in [-0.39, 0.29) is 29.4 Å². The third kappa shape index (κ3) is 4.78. The van der Waals surface area contributed by atoms with Gasteiger partial charge in [-0.25, -0.2) is 4.39 Å². The van der Waals surface area contributed by atoms with Gasteiger partial charge in [-0.3, -0.25) is 4.79 Å². The summed E-state index contributed by atoms with van der Waals surface area (Å²) in [5, 5.41) is 12.1. The van der Waals surface area contributed by atoms with E-state index in [0.29, 0.717) is 11.0 Å². The summed E-state index contributed by atoms with van der Waals surface area (Å²) in [6, 6.07) is 16.0. The van der Waals surface area contributed by atoms with Crippen LogP contribution in [0, 0.1) is 11.7 Å². The number of nitrogens with one attached hydrogen (secondary N) is 1. The van der Waals surface area contributed by atoms with Crippen LogP contribution >= 0.6 is 11.8 Å². The molecule has 0 aliphatic carbocycles. The Morgan fingerprint density at radius 2 is 1.79 bits per heavy atom. The zero-order valence-corrected chi connectivity index (χ0v) is 16.9. The summed E-state index contributed by atoms with van der Waals surface area (Å²) in [5.74, 6) is 0.795. The molecule has 3 aromatic rings. The van der Waals surface area contributed by atoms with E-state index in [1.54, 1.807) is 12.1 Å². The van der Waals surface area contributed by atoms with Crippen LogP contribution in [0.5, 0.6) is 0 Å². The average Bonchev–Trinajstić information content (AvgIpc) is 3.06. The first kappa shape index (κ1) is 20.1. The van der Waals surface area contributed by atoms with Crippen molar-refractivity contribution in [1.29, 1.82) is 0 Å². The van der Waals surface area contributed by atoms with Gasteiger partial charge in [-0.1, -0.05) is 55.9 Å². The summed E-state index contributed by atoms with van der Waals surface area (Å²) in [6.07, 6.45) is 0. The van der Waals surface area contributed by atoms with Crippen molar-refractivity contribution in [3.05, 3.63) is 66.0 Å². The van der Waals surface area contributed by atoms with Crippen LogP contribution in [0.25, 0.3) is 11.4 Å². The predicted octanol–water partition coefficient (Wildman–Crippen LogP) is 4.23. The first-order valence-electron chi connectivity index (χ1n) is 9.08. The normalized spacial score (nSPS) is 12.2. The van der Waals surface area contributed by atoms with Gasteiger partial charge in [-0.15, -0.1) is 10.2 Å². The zero-order valence-electron chi connectivity index (χ0n) is 16.1. The molecule has 0 saturated heterocycles. The van der Waals surface area contributed by atoms with Crippen LogP contribution in [0.3, 0.4) is 0 Å². The van der Waals surface area contributed by atoms with E-state index in [0.717, 1.165) is 11.1 Å². The lowest BCUT2D eigenvalue weighted by Gasteiger charge is -2.22. The summed E-state index contributed by atoms with van der Waals surface area (Å²) in [7, 11) is 1.83. The fourth-order valence-corrected chi connectivity index (χ4v) is 3.65. The van der Waals surface area contributed by atoms with Crippen molar-refractivity contribution < 1.29 is 9.18 Å². The number of rotatable bonds is 7. The minimum Gasteiger partial charge on any atom is -0.348 e. The highest BCUT2D eigenvalue weighted by Crippen LogP contribution is 2.24. The van der Waals surface area contributed by atoms with Gasteiger partial charge in [0.25, 0.3) is 0 Å². The van der Waals surface area contributed by atoms with Crippen molar-refractivity contribution in [1.82, 2.24) is 20.1 Å². The Kier molecular flexibility index (Phi) is 6.46. The second kappa shape index (κ2) is 9.01. The quantitative estimate of drug-likeness (QED) is 0.605. The number of carbonyl (C=O) groups excluding carboxylic acids is 1. The van der Waals surface area contributed by atoms with E-state index >= 15 is 0 Å². The summed E-state index contributed by atoms with van der Waals surface area (Å²) in [4.78, 5) is 12.5. The van der Waals surface area contributed by atoms with Crippen molar-refractivity contribution >= 4 is 17.7 Å². The van der Waals surface area contributed by atoms with Gasteiger partial charge in [0, 0.05) is 12.6 Å². The van der Waals surface area contributed by atoms with Crippen molar-refractivity contribution in [2.75, 3.05) is 5.75 Å². The molecule has 0 bridgehead atoms. The van der Waals surface area contributed by atoms with Gasteiger partial charge < -0.3 is 9.88 Å². The smallest absolute Gasteiger partial charge is 0.230 e. The second-order valence-electron chi connectivity index (χ2n) is 6.86. The lowest BCUT2D eigenvalue weighted by atomic mass is 9.96. The molecule has 146 valence electrons. The molecule has 1 N–H and O–H groups in total. The predicted molar refractivity (Wildman–Crippen MR) is 109 cm³/mol. The fourth-order valence-electron chi connectivity index (χ4n) is 2.93. The summed E-state index contributed by atoms with van der Waals surface area (Å²) in [6.45, 7) is 4.17. The number of thioether (sulfide) groups is 1. The molecule has 1 aromatic heterocycles. The topological polar surface area (TPSA) is 59.8 Å². The first-order chi connectivity index (χ1) is 13.5. The van der Waals surface area contributed by atoms with Crippen molar-refractivity contribution in [2.24, 2.45) is 13.0 Å². The largest absolute Gasteiger partial charge is 0.348 e. The van der Waals surface area contributed by atoms with Crippen LogP contribution < -0.4 is 5.32 Å². The molecule has 7 heteroatoms. The molecule has 28 heavy (non-hydrogen) atoms. The van der Waals surface area contributed by atoms with Crippen molar-refractivity contribution in [3.63, 3.8) is 0 Å². The monoisotopic (exact) mass is 398 g/mol. The molecule has 0 radical (unpaired) electrons. The third-order valence-corrected chi connectivity index (χ3v) is 5.43. The highest BCUT2D eigenvalue weighted by atomic mass is 32.2. The summed E-state index contributed by atoms with van der Waals surface area (Å²) in [5.41, 5.74) is 1.87. The molecular weight excluding hydrogens is 375 g/mol. The number of hydrogen-bond acceptors (Lipinski definition) is 4. The molecular formula is C21H23FN4OS. The molecule has 0 saturated carbocycles. The van der Waals surface area contributed by atoms with Gasteiger partial charge in [-0.2, -0.15) is 0 Å². The lowest BCUT2D eigenvalue weighted by molar-refractivity contribution is -0.119. The van der Waals surface area contributed by atoms with E-state index in [2.05, 4.69) is 29.4 Å². The first-order valence-corrected chi connectivity index (χ1v) is 10.1. The van der Waals surface area contributed by atoms with Gasteiger partial charge in [0.15, 0.2) is 11.0 Å². The van der Waals surface area contributed by atoms with E-state index in [4.69, 9.17) is 0 Å². The van der Waals surface area contributed by atoms with Crippen LogP contribution in [0.1, 0.15) is 25.5 Å². The number of carbonyl (C=O) groups is 1. The molecule has 3 rings (SSSR count). The minimum absolute atomic E-state index is 0.0384. The van der Waals surface area contributed by atoms with Crippen molar-refractivity contribution in [3.8, 4) is 11.4 Å². The highest BCUT2D eigenvalue weighted by Gasteiger charge is 2.19. The number of benzene rings is 2. The van der Waals surface area contributed by atoms with Gasteiger partial charge in [0.2, 0.25) is 5.91 Å². The lowest BCUT2D eigenvalue weighted by Crippen LogP contribution is -2.33. The minimum atomic E-state index is -0.296. The van der Waals surface area contributed by atoms with E-state index in [9.17, 15) is 9.18 Å². The average molecular weight is 399 g/mol. The molecule has 0 spiro atoms. The molecule has 1 heterocycles. The molecule has 1 atom stereocenters. The summed E-state index contributed by atoms with van der Waals surface area (Å²) >= 11 is 1.33. The van der Waals surface area contributed by atoms with E-state index < -0.39 is 0 Å². The molecule has 2 aromatic carbocycles. The zero-order chi connectivity index (χ0) is 20.1. The molecule has 0 fully saturated rings. The Bertz CT molecular complexity index is 925. The van der Waals surface area contributed by atoms with Gasteiger partial charge in [0.1, 0.15) is 5.82 Å². The Hall–Kier alpha value is -2.67. The molecule has 0 aliphatic heterocycles. The third-order valence-electron chi connectivity index (χ3n) is 4.41. The molecule has 1 amide bonds. The van der Waals surface area contributed by atoms with Gasteiger partial charge in [-0.05, 0) is 35.7 Å². The Balaban J connectivity index is 1.64. The van der Waals surface area contributed by atoms with Crippen molar-refractivity contribution in [2.45, 2.75) is 25.0 Å². The Labute approximate surface area is 168 Å². The van der Waals surface area contributed by atoms with Crippen LogP contribution in [0.15, 0.2) is 59.8 Å². The molecule has 5 nitrogen and oxygen atoms in total. The maximum Gasteiger partial charge on any atom is 0.230 e. The number of nitrogens with zero attached hydrogens (tertiary/aromatic N) is 3. The van der Waals surface area contributed by atoms with Crippen LogP contribution in [-0.4, -0.2) is 26.4 Å². The van der Waals surface area contributed by atoms with Crippen LogP contribution in [0.4, 0.5) is 4.39 Å². The second-order valence-corrected chi connectivity index (χ2v) is 7.80. The van der Waals surface area contributed by atoms with Gasteiger partial charge in [0.05, 0.1) is 11.8 Å².